The van der Waals surface area contributed by atoms with Gasteiger partial charge in [-0.05, 0) is 25.0 Å². The molecule has 0 spiro atoms. The second-order valence-corrected chi connectivity index (χ2v) is 3.97. The van der Waals surface area contributed by atoms with Gasteiger partial charge in [-0.3, -0.25) is 4.98 Å². The summed E-state index contributed by atoms with van der Waals surface area (Å²) in [6.07, 6.45) is 4.05. The van der Waals surface area contributed by atoms with Crippen LogP contribution >= 0.6 is 0 Å². The molecular formula is C11H12N4O. The lowest BCUT2D eigenvalue weighted by Crippen LogP contribution is -1.99. The number of nitrogens with zero attached hydrogens (tertiary/aromatic N) is 3. The normalized spacial score (nSPS) is 15.3. The number of pyridine rings is 1. The Balaban J connectivity index is 1.93. The molecule has 2 aromatic rings. The highest BCUT2D eigenvalue weighted by Crippen LogP contribution is 2.38. The zero-order chi connectivity index (χ0) is 11.0. The molecule has 5 heteroatoms. The monoisotopic (exact) mass is 216 g/mol. The lowest BCUT2D eigenvalue weighted by Gasteiger charge is -1.97. The molecule has 5 nitrogen and oxygen atoms in total. The molecular weight excluding hydrogens is 204 g/mol. The van der Waals surface area contributed by atoms with Gasteiger partial charge in [-0.25, -0.2) is 0 Å². The topological polar surface area (TPSA) is 77.8 Å². The maximum atomic E-state index is 5.53. The molecule has 2 N–H and O–H groups in total. The first-order chi connectivity index (χ1) is 7.86. The standard InChI is InChI=1S/C11H12N4O/c12-6-9-5-8(3-4-13-9)11-14-10(15-16-11)7-1-2-7/h3-5,7H,1-2,6,12H2. The Morgan fingerprint density at radius 2 is 2.31 bits per heavy atom. The van der Waals surface area contributed by atoms with E-state index in [-0.39, 0.29) is 0 Å². The van der Waals surface area contributed by atoms with Gasteiger partial charge < -0.3 is 10.3 Å². The van der Waals surface area contributed by atoms with Gasteiger partial charge in [-0.2, -0.15) is 4.98 Å². The van der Waals surface area contributed by atoms with Crippen molar-refractivity contribution in [3.63, 3.8) is 0 Å². The van der Waals surface area contributed by atoms with E-state index in [9.17, 15) is 0 Å². The third-order valence-corrected chi connectivity index (χ3v) is 2.66. The summed E-state index contributed by atoms with van der Waals surface area (Å²) in [4.78, 5) is 8.49. The van der Waals surface area contributed by atoms with E-state index >= 15 is 0 Å². The van der Waals surface area contributed by atoms with E-state index in [0.29, 0.717) is 18.4 Å². The summed E-state index contributed by atoms with van der Waals surface area (Å²) in [7, 11) is 0. The smallest absolute Gasteiger partial charge is 0.258 e. The molecule has 16 heavy (non-hydrogen) atoms. The van der Waals surface area contributed by atoms with Crippen molar-refractivity contribution in [2.24, 2.45) is 5.73 Å². The van der Waals surface area contributed by atoms with Gasteiger partial charge in [0.25, 0.3) is 5.89 Å². The first-order valence-corrected chi connectivity index (χ1v) is 5.36. The van der Waals surface area contributed by atoms with Gasteiger partial charge in [0.1, 0.15) is 0 Å². The third kappa shape index (κ3) is 1.69. The summed E-state index contributed by atoms with van der Waals surface area (Å²) in [6.45, 7) is 0.414. The van der Waals surface area contributed by atoms with E-state index in [0.717, 1.165) is 17.1 Å². The number of nitrogens with two attached hydrogens (primary N) is 1. The minimum atomic E-state index is 0.414. The number of hydrogen-bond acceptors (Lipinski definition) is 5. The van der Waals surface area contributed by atoms with Gasteiger partial charge in [0.05, 0.1) is 5.69 Å². The van der Waals surface area contributed by atoms with Crippen LogP contribution in [-0.4, -0.2) is 15.1 Å². The Bertz CT molecular complexity index is 504. The van der Waals surface area contributed by atoms with E-state index in [1.54, 1.807) is 6.20 Å². The molecule has 2 aromatic heterocycles. The Morgan fingerprint density at radius 3 is 3.06 bits per heavy atom. The van der Waals surface area contributed by atoms with E-state index < -0.39 is 0 Å². The lowest BCUT2D eigenvalue weighted by molar-refractivity contribution is 0.422. The molecule has 0 radical (unpaired) electrons. The van der Waals surface area contributed by atoms with Crippen molar-refractivity contribution in [1.29, 1.82) is 0 Å². The van der Waals surface area contributed by atoms with Crippen LogP contribution < -0.4 is 5.73 Å². The molecule has 2 heterocycles. The average molecular weight is 216 g/mol. The van der Waals surface area contributed by atoms with Gasteiger partial charge in [0.15, 0.2) is 5.82 Å². The molecule has 0 unspecified atom stereocenters. The van der Waals surface area contributed by atoms with Crippen LogP contribution in [-0.2, 0) is 6.54 Å². The van der Waals surface area contributed by atoms with Gasteiger partial charge in [0, 0.05) is 24.2 Å². The number of aromatic nitrogens is 3. The minimum absolute atomic E-state index is 0.414. The van der Waals surface area contributed by atoms with Crippen molar-refractivity contribution in [2.75, 3.05) is 0 Å². The second kappa shape index (κ2) is 3.68. The summed E-state index contributed by atoms with van der Waals surface area (Å²) in [5, 5.41) is 3.97. The van der Waals surface area contributed by atoms with Crippen molar-refractivity contribution in [1.82, 2.24) is 15.1 Å². The van der Waals surface area contributed by atoms with Crippen LogP contribution in [0.2, 0.25) is 0 Å². The molecule has 0 bridgehead atoms. The largest absolute Gasteiger partial charge is 0.334 e. The number of hydrogen-bond donors (Lipinski definition) is 1. The van der Waals surface area contributed by atoms with Crippen LogP contribution in [0, 0.1) is 0 Å². The Labute approximate surface area is 92.7 Å². The third-order valence-electron chi connectivity index (χ3n) is 2.66. The van der Waals surface area contributed by atoms with Crippen LogP contribution in [0.5, 0.6) is 0 Å². The minimum Gasteiger partial charge on any atom is -0.334 e. The van der Waals surface area contributed by atoms with Crippen molar-refractivity contribution >= 4 is 0 Å². The maximum absolute atomic E-state index is 5.53. The molecule has 0 saturated heterocycles. The van der Waals surface area contributed by atoms with Gasteiger partial charge >= 0.3 is 0 Å². The van der Waals surface area contributed by atoms with Crippen LogP contribution in [0.25, 0.3) is 11.5 Å². The predicted octanol–water partition coefficient (Wildman–Crippen LogP) is 1.47. The highest BCUT2D eigenvalue weighted by Gasteiger charge is 2.28. The van der Waals surface area contributed by atoms with Crippen molar-refractivity contribution in [3.8, 4) is 11.5 Å². The average Bonchev–Trinajstić information content (AvgIpc) is 3.07. The van der Waals surface area contributed by atoms with E-state index in [4.69, 9.17) is 10.3 Å². The van der Waals surface area contributed by atoms with Gasteiger partial charge in [-0.1, -0.05) is 5.16 Å². The van der Waals surface area contributed by atoms with Gasteiger partial charge in [-0.15, -0.1) is 0 Å². The fraction of sp³-hybridized carbons (Fsp3) is 0.364. The summed E-state index contributed by atoms with van der Waals surface area (Å²) < 4.78 is 5.22. The Hall–Kier alpha value is -1.75. The molecule has 0 atom stereocenters. The van der Waals surface area contributed by atoms with Crippen LogP contribution in [0.1, 0.15) is 30.3 Å². The van der Waals surface area contributed by atoms with E-state index in [2.05, 4.69) is 15.1 Å². The zero-order valence-corrected chi connectivity index (χ0v) is 8.76. The Morgan fingerprint density at radius 1 is 1.44 bits per heavy atom. The molecule has 1 aliphatic carbocycles. The van der Waals surface area contributed by atoms with E-state index in [1.807, 2.05) is 12.1 Å². The highest BCUT2D eigenvalue weighted by molar-refractivity contribution is 5.52. The predicted molar refractivity (Wildman–Crippen MR) is 57.4 cm³/mol. The number of rotatable bonds is 3. The highest BCUT2D eigenvalue weighted by atomic mass is 16.5. The molecule has 1 fully saturated rings. The van der Waals surface area contributed by atoms with Crippen LogP contribution in [0.15, 0.2) is 22.9 Å². The SMILES string of the molecule is NCc1cc(-c2nc(C3CC3)no2)ccn1. The lowest BCUT2D eigenvalue weighted by atomic mass is 10.2. The molecule has 0 aromatic carbocycles. The van der Waals surface area contributed by atoms with Crippen LogP contribution in [0.4, 0.5) is 0 Å². The fourth-order valence-corrected chi connectivity index (χ4v) is 1.58. The quantitative estimate of drug-likeness (QED) is 0.840. The maximum Gasteiger partial charge on any atom is 0.258 e. The summed E-state index contributed by atoms with van der Waals surface area (Å²) in [5.41, 5.74) is 7.24. The molecule has 0 amide bonds. The van der Waals surface area contributed by atoms with Crippen molar-refractivity contribution in [2.45, 2.75) is 25.3 Å². The Kier molecular flexibility index (Phi) is 2.18. The van der Waals surface area contributed by atoms with Crippen LogP contribution in [0.3, 0.4) is 0 Å². The summed E-state index contributed by atoms with van der Waals surface area (Å²) in [5.74, 6) is 1.88. The first-order valence-electron chi connectivity index (χ1n) is 5.36. The molecule has 82 valence electrons. The molecule has 1 saturated carbocycles. The second-order valence-electron chi connectivity index (χ2n) is 3.97. The summed E-state index contributed by atoms with van der Waals surface area (Å²) in [6, 6.07) is 3.73. The fourth-order valence-electron chi connectivity index (χ4n) is 1.58. The van der Waals surface area contributed by atoms with Crippen molar-refractivity contribution < 1.29 is 4.52 Å². The van der Waals surface area contributed by atoms with Gasteiger partial charge in [0.2, 0.25) is 0 Å². The van der Waals surface area contributed by atoms with E-state index in [1.165, 1.54) is 12.8 Å². The molecule has 3 rings (SSSR count). The molecule has 1 aliphatic rings. The molecule has 0 aliphatic heterocycles. The first kappa shape index (κ1) is 9.47. The summed E-state index contributed by atoms with van der Waals surface area (Å²) >= 11 is 0. The van der Waals surface area contributed by atoms with Crippen molar-refractivity contribution in [3.05, 3.63) is 29.8 Å². The zero-order valence-electron chi connectivity index (χ0n) is 8.76.